The van der Waals surface area contributed by atoms with Crippen molar-refractivity contribution in [2.45, 2.75) is 24.4 Å². The van der Waals surface area contributed by atoms with Crippen LogP contribution in [0.25, 0.3) is 0 Å². The van der Waals surface area contributed by atoms with Crippen molar-refractivity contribution in [3.8, 4) is 0 Å². The van der Waals surface area contributed by atoms with E-state index in [2.05, 4.69) is 0 Å². The summed E-state index contributed by atoms with van der Waals surface area (Å²) in [5.74, 6) is -8.18. The average molecular weight is 394 g/mol. The summed E-state index contributed by atoms with van der Waals surface area (Å²) >= 11 is 0. The Balaban J connectivity index is 5.63. The van der Waals surface area contributed by atoms with E-state index in [-0.39, 0.29) is 0 Å². The molecule has 0 aliphatic carbocycles. The Bertz CT molecular complexity index is 479. The van der Waals surface area contributed by atoms with Gasteiger partial charge in [-0.1, -0.05) is 0 Å². The molecule has 16 heteroatoms. The van der Waals surface area contributed by atoms with Crippen LogP contribution in [0.4, 0.5) is 61.5 Å². The van der Waals surface area contributed by atoms with Crippen molar-refractivity contribution in [2.24, 2.45) is 0 Å². The summed E-state index contributed by atoms with van der Waals surface area (Å²) < 4.78 is 174. The van der Waals surface area contributed by atoms with E-state index in [1.807, 2.05) is 0 Å². The van der Waals surface area contributed by atoms with Gasteiger partial charge in [0.15, 0.2) is 0 Å². The molecule has 2 nitrogen and oxygen atoms in total. The first kappa shape index (κ1) is 22.4. The first-order chi connectivity index (χ1) is 10.4. The molecule has 0 unspecified atom stereocenters. The predicted octanol–water partition coefficient (Wildman–Crippen LogP) is 5.55. The molecule has 0 heterocycles. The molecule has 0 N–H and O–H groups in total. The van der Waals surface area contributed by atoms with Gasteiger partial charge in [0.05, 0.1) is 0 Å². The zero-order valence-electron chi connectivity index (χ0n) is 10.1. The normalized spacial score (nSPS) is 13.8. The lowest BCUT2D eigenvalue weighted by Crippen LogP contribution is -2.52. The molecule has 0 atom stereocenters. The van der Waals surface area contributed by atoms with Gasteiger partial charge in [-0.15, -0.1) is 0 Å². The van der Waals surface area contributed by atoms with Crippen LogP contribution in [-0.4, -0.2) is 24.4 Å². The maximum atomic E-state index is 12.6. The van der Waals surface area contributed by atoms with E-state index in [9.17, 15) is 61.5 Å². The Morgan fingerprint density at radius 2 is 0.667 bits per heavy atom. The van der Waals surface area contributed by atoms with E-state index in [0.29, 0.717) is 0 Å². The zero-order valence-corrected chi connectivity index (χ0v) is 10.1. The molecule has 0 amide bonds. The number of ether oxygens (including phenoxy) is 2. The van der Waals surface area contributed by atoms with Crippen LogP contribution in [0.15, 0.2) is 23.8 Å². The molecule has 0 aromatic rings. The standard InChI is InChI=1S/C8F14O2/c9-1(3(11)12)5(15,16)23-7(19,20)8(21,22)24-6(17,18)2(10)4(13)14. The van der Waals surface area contributed by atoms with E-state index < -0.39 is 48.2 Å². The molecule has 0 aromatic carbocycles. The Morgan fingerprint density at radius 3 is 0.833 bits per heavy atom. The summed E-state index contributed by atoms with van der Waals surface area (Å²) in [5.41, 5.74) is 0. The van der Waals surface area contributed by atoms with Gasteiger partial charge in [-0.2, -0.15) is 61.5 Å². The Labute approximate surface area is 120 Å². The number of alkyl halides is 8. The molecule has 0 rings (SSSR count). The second-order valence-corrected chi connectivity index (χ2v) is 3.42. The minimum atomic E-state index is -7.00. The van der Waals surface area contributed by atoms with Crippen LogP contribution >= 0.6 is 0 Å². The third-order valence-electron chi connectivity index (χ3n) is 1.69. The SMILES string of the molecule is FC(F)=C(F)C(F)(F)OC(F)(F)C(F)(F)OC(F)(F)C(F)=C(F)F. The molecule has 24 heavy (non-hydrogen) atoms. The molecule has 0 saturated heterocycles. The maximum absolute atomic E-state index is 12.6. The van der Waals surface area contributed by atoms with Crippen molar-refractivity contribution in [1.29, 1.82) is 0 Å². The first-order valence-corrected chi connectivity index (χ1v) is 4.71. The van der Waals surface area contributed by atoms with Gasteiger partial charge in [-0.3, -0.25) is 0 Å². The average Bonchev–Trinajstić information content (AvgIpc) is 2.33. The largest absolute Gasteiger partial charge is 0.453 e. The highest BCUT2D eigenvalue weighted by Crippen LogP contribution is 2.47. The first-order valence-electron chi connectivity index (χ1n) is 4.71. The van der Waals surface area contributed by atoms with Gasteiger partial charge < -0.3 is 0 Å². The Kier molecular flexibility index (Phi) is 6.29. The highest BCUT2D eigenvalue weighted by atomic mass is 19.3. The molecule has 142 valence electrons. The van der Waals surface area contributed by atoms with Gasteiger partial charge in [0, 0.05) is 0 Å². The second kappa shape index (κ2) is 6.73. The number of halogens is 14. The van der Waals surface area contributed by atoms with Crippen LogP contribution in [0.5, 0.6) is 0 Å². The van der Waals surface area contributed by atoms with E-state index >= 15 is 0 Å². The summed E-state index contributed by atoms with van der Waals surface area (Å²) in [5, 5.41) is 0. The smallest absolute Gasteiger partial charge is 0.242 e. The number of hydrogen-bond donors (Lipinski definition) is 0. The van der Waals surface area contributed by atoms with Crippen LogP contribution in [0.2, 0.25) is 0 Å². The lowest BCUT2D eigenvalue weighted by molar-refractivity contribution is -0.506. The van der Waals surface area contributed by atoms with Gasteiger partial charge >= 0.3 is 36.6 Å². The fourth-order valence-corrected chi connectivity index (χ4v) is 0.750. The number of rotatable bonds is 7. The van der Waals surface area contributed by atoms with E-state index in [1.54, 1.807) is 9.47 Å². The fourth-order valence-electron chi connectivity index (χ4n) is 0.750. The zero-order chi connectivity index (χ0) is 19.7. The van der Waals surface area contributed by atoms with Gasteiger partial charge in [-0.05, 0) is 0 Å². The molecule has 0 saturated carbocycles. The summed E-state index contributed by atoms with van der Waals surface area (Å²) in [6.07, 6.45) is -34.9. The highest BCUT2D eigenvalue weighted by Gasteiger charge is 2.69. The van der Waals surface area contributed by atoms with Crippen LogP contribution < -0.4 is 0 Å². The summed E-state index contributed by atoms with van der Waals surface area (Å²) in [4.78, 5) is 0. The molecule has 0 fully saturated rings. The summed E-state index contributed by atoms with van der Waals surface area (Å²) in [7, 11) is 0. The minimum absolute atomic E-state index is 1.69. The molecule has 0 radical (unpaired) electrons. The summed E-state index contributed by atoms with van der Waals surface area (Å²) in [6.45, 7) is 0. The van der Waals surface area contributed by atoms with Crippen molar-refractivity contribution in [2.75, 3.05) is 0 Å². The predicted molar refractivity (Wildman–Crippen MR) is 42.7 cm³/mol. The van der Waals surface area contributed by atoms with Gasteiger partial charge in [0.25, 0.3) is 11.7 Å². The van der Waals surface area contributed by atoms with Crippen molar-refractivity contribution in [1.82, 2.24) is 0 Å². The molecular formula is C8F14O2. The number of hydrogen-bond acceptors (Lipinski definition) is 2. The van der Waals surface area contributed by atoms with Crippen LogP contribution in [0, 0.1) is 0 Å². The Morgan fingerprint density at radius 1 is 0.458 bits per heavy atom. The third-order valence-corrected chi connectivity index (χ3v) is 1.69. The van der Waals surface area contributed by atoms with Gasteiger partial charge in [0.2, 0.25) is 0 Å². The molecule has 0 spiro atoms. The second-order valence-electron chi connectivity index (χ2n) is 3.42. The van der Waals surface area contributed by atoms with E-state index in [1.165, 1.54) is 0 Å². The molecule has 0 aliphatic heterocycles. The van der Waals surface area contributed by atoms with Gasteiger partial charge in [-0.25, -0.2) is 9.47 Å². The van der Waals surface area contributed by atoms with Gasteiger partial charge in [0.1, 0.15) is 0 Å². The lowest BCUT2D eigenvalue weighted by Gasteiger charge is -2.30. The maximum Gasteiger partial charge on any atom is 0.453 e. The van der Waals surface area contributed by atoms with Crippen molar-refractivity contribution >= 4 is 0 Å². The fraction of sp³-hybridized carbons (Fsp3) is 0.500. The van der Waals surface area contributed by atoms with E-state index in [0.717, 1.165) is 0 Å². The third kappa shape index (κ3) is 4.96. The molecule has 0 aliphatic rings. The highest BCUT2D eigenvalue weighted by molar-refractivity contribution is 5.02. The van der Waals surface area contributed by atoms with E-state index in [4.69, 9.17) is 0 Å². The lowest BCUT2D eigenvalue weighted by atomic mass is 10.4. The molecule has 0 bridgehead atoms. The quantitative estimate of drug-likeness (QED) is 0.528. The van der Waals surface area contributed by atoms with Crippen LogP contribution in [-0.2, 0) is 9.47 Å². The molecule has 0 aromatic heterocycles. The topological polar surface area (TPSA) is 18.5 Å². The van der Waals surface area contributed by atoms with Crippen molar-refractivity contribution < 1.29 is 70.9 Å². The van der Waals surface area contributed by atoms with Crippen LogP contribution in [0.3, 0.4) is 0 Å². The van der Waals surface area contributed by atoms with Crippen molar-refractivity contribution in [3.05, 3.63) is 23.8 Å². The minimum Gasteiger partial charge on any atom is -0.242 e. The van der Waals surface area contributed by atoms with Crippen molar-refractivity contribution in [3.63, 3.8) is 0 Å². The van der Waals surface area contributed by atoms with Crippen LogP contribution in [0.1, 0.15) is 0 Å². The molecular weight excluding hydrogens is 394 g/mol. The monoisotopic (exact) mass is 394 g/mol. The Hall–Kier alpha value is -1.58. The summed E-state index contributed by atoms with van der Waals surface area (Å²) in [6, 6.07) is 0.